The van der Waals surface area contributed by atoms with Gasteiger partial charge in [0.25, 0.3) is 0 Å². The third-order valence-corrected chi connectivity index (χ3v) is 3.29. The number of rotatable bonds is 3. The van der Waals surface area contributed by atoms with Crippen LogP contribution >= 0.6 is 11.3 Å². The van der Waals surface area contributed by atoms with Crippen molar-refractivity contribution in [2.45, 2.75) is 19.9 Å². The lowest BCUT2D eigenvalue weighted by Crippen LogP contribution is -1.95. The first-order valence-electron chi connectivity index (χ1n) is 5.07. The molecular weight excluding hydrogens is 204 g/mol. The summed E-state index contributed by atoms with van der Waals surface area (Å²) in [5.74, 6) is 0. The monoisotopic (exact) mass is 218 g/mol. The van der Waals surface area contributed by atoms with Gasteiger partial charge in [0.05, 0.1) is 5.69 Å². The predicted octanol–water partition coefficient (Wildman–Crippen LogP) is 2.83. The second-order valence-corrected chi connectivity index (χ2v) is 4.26. The molecule has 1 aromatic carbocycles. The fraction of sp³-hybridized carbons (Fsp3) is 0.250. The Hall–Kier alpha value is -1.19. The lowest BCUT2D eigenvalue weighted by Gasteiger charge is -1.98. The molecule has 0 aliphatic heterocycles. The standard InChI is InChI=1S/C12H14N2S/c1-2-11-8-15-12(14-11)10-5-3-9(7-13)4-6-10/h3-6,8H,2,7,13H2,1H3. The van der Waals surface area contributed by atoms with E-state index in [2.05, 4.69) is 41.6 Å². The van der Waals surface area contributed by atoms with Crippen molar-refractivity contribution in [1.29, 1.82) is 0 Å². The smallest absolute Gasteiger partial charge is 0.123 e. The van der Waals surface area contributed by atoms with E-state index in [-0.39, 0.29) is 0 Å². The summed E-state index contributed by atoms with van der Waals surface area (Å²) in [6.45, 7) is 2.72. The molecule has 0 atom stereocenters. The molecule has 15 heavy (non-hydrogen) atoms. The summed E-state index contributed by atoms with van der Waals surface area (Å²) in [7, 11) is 0. The second kappa shape index (κ2) is 4.55. The van der Waals surface area contributed by atoms with Crippen LogP contribution in [0.15, 0.2) is 29.6 Å². The molecule has 0 amide bonds. The Morgan fingerprint density at radius 2 is 2.00 bits per heavy atom. The van der Waals surface area contributed by atoms with Crippen molar-refractivity contribution in [3.8, 4) is 10.6 Å². The van der Waals surface area contributed by atoms with Crippen molar-refractivity contribution >= 4 is 11.3 Å². The van der Waals surface area contributed by atoms with Crippen molar-refractivity contribution in [2.24, 2.45) is 5.73 Å². The molecule has 2 nitrogen and oxygen atoms in total. The average Bonchev–Trinajstić information content (AvgIpc) is 2.78. The maximum atomic E-state index is 5.55. The zero-order valence-corrected chi connectivity index (χ0v) is 9.55. The summed E-state index contributed by atoms with van der Waals surface area (Å²) in [5.41, 5.74) is 9.05. The number of benzene rings is 1. The molecule has 0 aliphatic carbocycles. The normalized spacial score (nSPS) is 10.5. The molecule has 2 N–H and O–H groups in total. The van der Waals surface area contributed by atoms with Crippen molar-refractivity contribution in [3.05, 3.63) is 40.9 Å². The molecule has 78 valence electrons. The molecule has 0 fully saturated rings. The van der Waals surface area contributed by atoms with Crippen LogP contribution in [0.25, 0.3) is 10.6 Å². The summed E-state index contributed by atoms with van der Waals surface area (Å²) in [5, 5.41) is 3.21. The fourth-order valence-electron chi connectivity index (χ4n) is 1.39. The first kappa shape index (κ1) is 10.3. The number of nitrogens with zero attached hydrogens (tertiary/aromatic N) is 1. The van der Waals surface area contributed by atoms with Gasteiger partial charge in [-0.1, -0.05) is 31.2 Å². The summed E-state index contributed by atoms with van der Waals surface area (Å²) < 4.78 is 0. The quantitative estimate of drug-likeness (QED) is 0.860. The molecule has 0 saturated carbocycles. The molecule has 2 rings (SSSR count). The third-order valence-electron chi connectivity index (χ3n) is 2.35. The van der Waals surface area contributed by atoms with Crippen LogP contribution in [0.3, 0.4) is 0 Å². The Kier molecular flexibility index (Phi) is 3.14. The van der Waals surface area contributed by atoms with Crippen molar-refractivity contribution in [2.75, 3.05) is 0 Å². The van der Waals surface area contributed by atoms with Crippen LogP contribution < -0.4 is 5.73 Å². The van der Waals surface area contributed by atoms with E-state index in [0.29, 0.717) is 6.54 Å². The average molecular weight is 218 g/mol. The van der Waals surface area contributed by atoms with Crippen LogP contribution in [-0.2, 0) is 13.0 Å². The minimum Gasteiger partial charge on any atom is -0.326 e. The summed E-state index contributed by atoms with van der Waals surface area (Å²) in [4.78, 5) is 4.54. The van der Waals surface area contributed by atoms with E-state index < -0.39 is 0 Å². The van der Waals surface area contributed by atoms with E-state index in [4.69, 9.17) is 5.73 Å². The van der Waals surface area contributed by atoms with Gasteiger partial charge in [0.1, 0.15) is 5.01 Å². The van der Waals surface area contributed by atoms with Crippen molar-refractivity contribution < 1.29 is 0 Å². The number of aromatic nitrogens is 1. The number of hydrogen-bond donors (Lipinski definition) is 1. The van der Waals surface area contributed by atoms with Gasteiger partial charge in [-0.3, -0.25) is 0 Å². The predicted molar refractivity (Wildman–Crippen MR) is 64.8 cm³/mol. The molecule has 0 bridgehead atoms. The fourth-order valence-corrected chi connectivity index (χ4v) is 2.29. The first-order chi connectivity index (χ1) is 7.33. The highest BCUT2D eigenvalue weighted by Gasteiger charge is 2.02. The van der Waals surface area contributed by atoms with Gasteiger partial charge >= 0.3 is 0 Å². The molecule has 1 aromatic heterocycles. The Labute approximate surface area is 93.8 Å². The van der Waals surface area contributed by atoms with Crippen LogP contribution in [0.1, 0.15) is 18.2 Å². The van der Waals surface area contributed by atoms with Gasteiger partial charge in [0.2, 0.25) is 0 Å². The van der Waals surface area contributed by atoms with E-state index in [1.807, 2.05) is 0 Å². The molecule has 3 heteroatoms. The van der Waals surface area contributed by atoms with Gasteiger partial charge in [-0.25, -0.2) is 4.98 Å². The summed E-state index contributed by atoms with van der Waals surface area (Å²) in [6.07, 6.45) is 0.997. The van der Waals surface area contributed by atoms with Crippen LogP contribution in [0, 0.1) is 0 Å². The molecule has 0 saturated heterocycles. The zero-order chi connectivity index (χ0) is 10.7. The van der Waals surface area contributed by atoms with E-state index in [0.717, 1.165) is 22.7 Å². The Morgan fingerprint density at radius 1 is 1.27 bits per heavy atom. The highest BCUT2D eigenvalue weighted by Crippen LogP contribution is 2.24. The van der Waals surface area contributed by atoms with Gasteiger partial charge in [0, 0.05) is 17.5 Å². The van der Waals surface area contributed by atoms with E-state index in [1.165, 1.54) is 5.56 Å². The molecule has 0 spiro atoms. The molecule has 0 radical (unpaired) electrons. The number of thiazole rings is 1. The summed E-state index contributed by atoms with van der Waals surface area (Å²) >= 11 is 1.70. The van der Waals surface area contributed by atoms with E-state index in [9.17, 15) is 0 Å². The van der Waals surface area contributed by atoms with Crippen LogP contribution in [0.4, 0.5) is 0 Å². The summed E-state index contributed by atoms with van der Waals surface area (Å²) in [6, 6.07) is 8.28. The Bertz CT molecular complexity index is 431. The van der Waals surface area contributed by atoms with Crippen molar-refractivity contribution in [3.63, 3.8) is 0 Å². The molecule has 2 aromatic rings. The third kappa shape index (κ3) is 2.25. The minimum absolute atomic E-state index is 0.596. The Balaban J connectivity index is 2.28. The SMILES string of the molecule is CCc1csc(-c2ccc(CN)cc2)n1. The Morgan fingerprint density at radius 3 is 2.53 bits per heavy atom. The van der Waals surface area contributed by atoms with Gasteiger partial charge in [0.15, 0.2) is 0 Å². The maximum absolute atomic E-state index is 5.55. The highest BCUT2D eigenvalue weighted by molar-refractivity contribution is 7.13. The van der Waals surface area contributed by atoms with Crippen LogP contribution in [-0.4, -0.2) is 4.98 Å². The van der Waals surface area contributed by atoms with Crippen LogP contribution in [0.5, 0.6) is 0 Å². The number of hydrogen-bond acceptors (Lipinski definition) is 3. The first-order valence-corrected chi connectivity index (χ1v) is 5.95. The minimum atomic E-state index is 0.596. The van der Waals surface area contributed by atoms with Gasteiger partial charge in [-0.05, 0) is 12.0 Å². The molecule has 0 unspecified atom stereocenters. The molecule has 0 aliphatic rings. The van der Waals surface area contributed by atoms with Gasteiger partial charge in [-0.2, -0.15) is 0 Å². The molecule has 1 heterocycles. The van der Waals surface area contributed by atoms with E-state index in [1.54, 1.807) is 11.3 Å². The topological polar surface area (TPSA) is 38.9 Å². The largest absolute Gasteiger partial charge is 0.326 e. The van der Waals surface area contributed by atoms with Gasteiger partial charge < -0.3 is 5.73 Å². The number of nitrogens with two attached hydrogens (primary N) is 1. The lowest BCUT2D eigenvalue weighted by molar-refractivity contribution is 1.06. The van der Waals surface area contributed by atoms with Crippen molar-refractivity contribution in [1.82, 2.24) is 4.98 Å². The lowest BCUT2D eigenvalue weighted by atomic mass is 10.1. The van der Waals surface area contributed by atoms with Gasteiger partial charge in [-0.15, -0.1) is 11.3 Å². The zero-order valence-electron chi connectivity index (χ0n) is 8.73. The maximum Gasteiger partial charge on any atom is 0.123 e. The van der Waals surface area contributed by atoms with Crippen LogP contribution in [0.2, 0.25) is 0 Å². The second-order valence-electron chi connectivity index (χ2n) is 3.40. The molecular formula is C12H14N2S. The number of aryl methyl sites for hydroxylation is 1. The highest BCUT2D eigenvalue weighted by atomic mass is 32.1. The van der Waals surface area contributed by atoms with E-state index >= 15 is 0 Å².